The molecule has 0 aromatic heterocycles. The van der Waals surface area contributed by atoms with E-state index in [0.717, 1.165) is 30.9 Å². The highest BCUT2D eigenvalue weighted by Crippen LogP contribution is 2.32. The van der Waals surface area contributed by atoms with Crippen molar-refractivity contribution >= 4 is 11.6 Å². The Balaban J connectivity index is 2.01. The van der Waals surface area contributed by atoms with Crippen LogP contribution in [0.1, 0.15) is 63.5 Å². The lowest BCUT2D eigenvalue weighted by Gasteiger charge is -2.21. The Bertz CT molecular complexity index is 415. The van der Waals surface area contributed by atoms with E-state index in [1.165, 1.54) is 38.2 Å². The minimum Gasteiger partial charge on any atom is -0.310 e. The minimum absolute atomic E-state index is 0.118. The Morgan fingerprint density at radius 3 is 2.75 bits per heavy atom. The Morgan fingerprint density at radius 2 is 2.10 bits per heavy atom. The average molecular weight is 298 g/mol. The highest BCUT2D eigenvalue weighted by atomic mass is 35.5. The second kappa shape index (κ2) is 7.99. The van der Waals surface area contributed by atoms with Gasteiger partial charge in [-0.2, -0.15) is 0 Å². The van der Waals surface area contributed by atoms with Crippen molar-refractivity contribution in [3.05, 3.63) is 34.6 Å². The summed E-state index contributed by atoms with van der Waals surface area (Å²) in [5.74, 6) is 0.661. The molecule has 1 saturated carbocycles. The maximum Gasteiger partial charge on any atom is 0.129 e. The van der Waals surface area contributed by atoms with Gasteiger partial charge in [0.2, 0.25) is 0 Å². The van der Waals surface area contributed by atoms with Crippen LogP contribution in [0.2, 0.25) is 5.02 Å². The number of nitrogens with one attached hydrogen (secondary N) is 1. The summed E-state index contributed by atoms with van der Waals surface area (Å²) < 4.78 is 14.1. The molecule has 1 aromatic carbocycles. The molecular formula is C17H25ClFN. The van der Waals surface area contributed by atoms with Crippen LogP contribution < -0.4 is 5.32 Å². The molecule has 3 heteroatoms. The summed E-state index contributed by atoms with van der Waals surface area (Å²) in [7, 11) is 0. The maximum atomic E-state index is 14.1. The minimum atomic E-state index is -0.183. The first kappa shape index (κ1) is 15.8. The van der Waals surface area contributed by atoms with Gasteiger partial charge in [0.15, 0.2) is 0 Å². The molecule has 0 heterocycles. The highest BCUT2D eigenvalue weighted by molar-refractivity contribution is 6.30. The van der Waals surface area contributed by atoms with Crippen molar-refractivity contribution in [3.63, 3.8) is 0 Å². The van der Waals surface area contributed by atoms with Crippen LogP contribution in [0.3, 0.4) is 0 Å². The van der Waals surface area contributed by atoms with Crippen molar-refractivity contribution in [1.29, 1.82) is 0 Å². The summed E-state index contributed by atoms with van der Waals surface area (Å²) >= 11 is 5.85. The molecule has 1 nitrogen and oxygen atoms in total. The lowest BCUT2D eigenvalue weighted by Crippen LogP contribution is -2.23. The van der Waals surface area contributed by atoms with Crippen molar-refractivity contribution in [2.24, 2.45) is 5.92 Å². The largest absolute Gasteiger partial charge is 0.310 e. The Morgan fingerprint density at radius 1 is 1.35 bits per heavy atom. The molecule has 1 atom stereocenters. The van der Waals surface area contributed by atoms with Gasteiger partial charge in [-0.15, -0.1) is 0 Å². The molecule has 1 aliphatic carbocycles. The lowest BCUT2D eigenvalue weighted by atomic mass is 9.94. The van der Waals surface area contributed by atoms with Crippen molar-refractivity contribution < 1.29 is 4.39 Å². The zero-order valence-corrected chi connectivity index (χ0v) is 13.1. The van der Waals surface area contributed by atoms with Crippen LogP contribution in [0.5, 0.6) is 0 Å². The second-order valence-electron chi connectivity index (χ2n) is 5.90. The number of rotatable bonds is 7. The molecule has 0 amide bonds. The van der Waals surface area contributed by atoms with Gasteiger partial charge in [-0.05, 0) is 43.9 Å². The molecule has 2 rings (SSSR count). The van der Waals surface area contributed by atoms with E-state index >= 15 is 0 Å². The third-order valence-electron chi connectivity index (χ3n) is 4.32. The fourth-order valence-corrected chi connectivity index (χ4v) is 3.33. The van der Waals surface area contributed by atoms with E-state index in [-0.39, 0.29) is 11.9 Å². The summed E-state index contributed by atoms with van der Waals surface area (Å²) in [5.41, 5.74) is 0.765. The van der Waals surface area contributed by atoms with Crippen LogP contribution in [0, 0.1) is 11.7 Å². The van der Waals surface area contributed by atoms with Crippen LogP contribution in [-0.2, 0) is 0 Å². The monoisotopic (exact) mass is 297 g/mol. The van der Waals surface area contributed by atoms with Gasteiger partial charge in [-0.1, -0.05) is 50.3 Å². The molecule has 1 unspecified atom stereocenters. The van der Waals surface area contributed by atoms with E-state index in [4.69, 9.17) is 11.6 Å². The van der Waals surface area contributed by atoms with Gasteiger partial charge < -0.3 is 5.32 Å². The van der Waals surface area contributed by atoms with E-state index in [0.29, 0.717) is 5.02 Å². The molecule has 1 N–H and O–H groups in total. The molecule has 20 heavy (non-hydrogen) atoms. The number of hydrogen-bond acceptors (Lipinski definition) is 1. The van der Waals surface area contributed by atoms with Gasteiger partial charge in [-0.25, -0.2) is 4.39 Å². The van der Waals surface area contributed by atoms with Crippen molar-refractivity contribution in [1.82, 2.24) is 5.32 Å². The predicted octanol–water partition coefficient (Wildman–Crippen LogP) is 5.49. The quantitative estimate of drug-likeness (QED) is 0.701. The first-order valence-corrected chi connectivity index (χ1v) is 8.26. The molecule has 0 spiro atoms. The molecule has 1 aliphatic rings. The van der Waals surface area contributed by atoms with Crippen LogP contribution >= 0.6 is 11.6 Å². The van der Waals surface area contributed by atoms with Gasteiger partial charge in [0.25, 0.3) is 0 Å². The molecule has 0 radical (unpaired) electrons. The van der Waals surface area contributed by atoms with Crippen LogP contribution in [-0.4, -0.2) is 6.54 Å². The normalized spacial score (nSPS) is 17.6. The van der Waals surface area contributed by atoms with Crippen LogP contribution in [0.4, 0.5) is 4.39 Å². The molecule has 0 saturated heterocycles. The van der Waals surface area contributed by atoms with E-state index < -0.39 is 0 Å². The topological polar surface area (TPSA) is 12.0 Å². The third-order valence-corrected chi connectivity index (χ3v) is 4.55. The Hall–Kier alpha value is -0.600. The maximum absolute atomic E-state index is 14.1. The number of halogens is 2. The summed E-state index contributed by atoms with van der Waals surface area (Å²) in [4.78, 5) is 0. The van der Waals surface area contributed by atoms with Crippen molar-refractivity contribution in [2.75, 3.05) is 6.54 Å². The first-order valence-electron chi connectivity index (χ1n) is 7.89. The fourth-order valence-electron chi connectivity index (χ4n) is 3.17. The number of benzene rings is 1. The summed E-state index contributed by atoms with van der Waals surface area (Å²) in [6.45, 7) is 3.07. The van der Waals surface area contributed by atoms with Crippen LogP contribution in [0.15, 0.2) is 18.2 Å². The summed E-state index contributed by atoms with van der Waals surface area (Å²) in [5, 5.41) is 3.96. The standard InChI is InChI=1S/C17H25ClFN/c1-2-11-20-17(10-7-13-5-3-4-6-13)15-9-8-14(18)12-16(15)19/h8-9,12-13,17,20H,2-7,10-11H2,1H3. The molecule has 0 bridgehead atoms. The van der Waals surface area contributed by atoms with Gasteiger partial charge in [-0.3, -0.25) is 0 Å². The Kier molecular flexibility index (Phi) is 6.31. The zero-order valence-electron chi connectivity index (χ0n) is 12.3. The second-order valence-corrected chi connectivity index (χ2v) is 6.34. The first-order chi connectivity index (χ1) is 9.70. The molecule has 1 fully saturated rings. The van der Waals surface area contributed by atoms with Crippen LogP contribution in [0.25, 0.3) is 0 Å². The van der Waals surface area contributed by atoms with Gasteiger partial charge >= 0.3 is 0 Å². The lowest BCUT2D eigenvalue weighted by molar-refractivity contribution is 0.403. The molecule has 112 valence electrons. The van der Waals surface area contributed by atoms with Crippen molar-refractivity contribution in [2.45, 2.75) is 57.9 Å². The van der Waals surface area contributed by atoms with E-state index in [9.17, 15) is 4.39 Å². The van der Waals surface area contributed by atoms with Gasteiger partial charge in [0, 0.05) is 16.6 Å². The predicted molar refractivity (Wildman–Crippen MR) is 83.6 cm³/mol. The smallest absolute Gasteiger partial charge is 0.129 e. The highest BCUT2D eigenvalue weighted by Gasteiger charge is 2.20. The van der Waals surface area contributed by atoms with E-state index in [2.05, 4.69) is 12.2 Å². The van der Waals surface area contributed by atoms with Gasteiger partial charge in [0.05, 0.1) is 0 Å². The Labute approximate surface area is 126 Å². The fraction of sp³-hybridized carbons (Fsp3) is 0.647. The van der Waals surface area contributed by atoms with E-state index in [1.54, 1.807) is 6.07 Å². The van der Waals surface area contributed by atoms with Crippen molar-refractivity contribution in [3.8, 4) is 0 Å². The van der Waals surface area contributed by atoms with E-state index in [1.807, 2.05) is 6.07 Å². The molecule has 1 aromatic rings. The SMILES string of the molecule is CCCNC(CCC1CCCC1)c1ccc(Cl)cc1F. The average Bonchev–Trinajstić information content (AvgIpc) is 2.93. The molecule has 0 aliphatic heterocycles. The summed E-state index contributed by atoms with van der Waals surface area (Å²) in [6.07, 6.45) is 8.72. The zero-order chi connectivity index (χ0) is 14.4. The summed E-state index contributed by atoms with van der Waals surface area (Å²) in [6, 6.07) is 5.16. The molecular weight excluding hydrogens is 273 g/mol. The number of hydrogen-bond donors (Lipinski definition) is 1. The third kappa shape index (κ3) is 4.46. The van der Waals surface area contributed by atoms with Gasteiger partial charge in [0.1, 0.15) is 5.82 Å².